The zero-order chi connectivity index (χ0) is 12.3. The van der Waals surface area contributed by atoms with Crippen LogP contribution in [0.15, 0.2) is 18.2 Å². The van der Waals surface area contributed by atoms with E-state index in [-0.39, 0.29) is 0 Å². The van der Waals surface area contributed by atoms with E-state index in [1.54, 1.807) is 0 Å². The molecule has 1 fully saturated rings. The lowest BCUT2D eigenvalue weighted by Gasteiger charge is -2.25. The summed E-state index contributed by atoms with van der Waals surface area (Å²) in [5.41, 5.74) is 2.44. The average molecular weight is 317 g/mol. The lowest BCUT2D eigenvalue weighted by Crippen LogP contribution is -2.26. The van der Waals surface area contributed by atoms with Crippen LogP contribution in [0.1, 0.15) is 31.7 Å². The van der Waals surface area contributed by atoms with E-state index in [0.29, 0.717) is 0 Å². The molecule has 1 aromatic rings. The number of hydrogen-bond acceptors (Lipinski definition) is 1. The molecule has 0 bridgehead atoms. The van der Waals surface area contributed by atoms with Gasteiger partial charge in [-0.3, -0.25) is 0 Å². The fourth-order valence-electron chi connectivity index (χ4n) is 2.08. The molecule has 1 saturated carbocycles. The number of alkyl halides is 1. The SMILES string of the molecule is CCCN(CC1CC1)c1ccc(CBr)cc1Cl. The van der Waals surface area contributed by atoms with E-state index in [4.69, 9.17) is 11.6 Å². The highest BCUT2D eigenvalue weighted by molar-refractivity contribution is 9.08. The molecule has 0 radical (unpaired) electrons. The first-order chi connectivity index (χ1) is 8.24. The summed E-state index contributed by atoms with van der Waals surface area (Å²) in [5, 5.41) is 1.75. The molecule has 17 heavy (non-hydrogen) atoms. The van der Waals surface area contributed by atoms with Gasteiger partial charge in [-0.25, -0.2) is 0 Å². The van der Waals surface area contributed by atoms with Crippen LogP contribution in [0, 0.1) is 5.92 Å². The smallest absolute Gasteiger partial charge is 0.0642 e. The van der Waals surface area contributed by atoms with Crippen LogP contribution in [0.2, 0.25) is 5.02 Å². The maximum atomic E-state index is 6.38. The van der Waals surface area contributed by atoms with Gasteiger partial charge in [0.15, 0.2) is 0 Å². The van der Waals surface area contributed by atoms with Crippen molar-refractivity contribution in [2.75, 3.05) is 18.0 Å². The summed E-state index contributed by atoms with van der Waals surface area (Å²) in [6, 6.07) is 6.39. The summed E-state index contributed by atoms with van der Waals surface area (Å²) in [4.78, 5) is 2.44. The number of halogens is 2. The minimum atomic E-state index is 0.864. The van der Waals surface area contributed by atoms with E-state index < -0.39 is 0 Å². The van der Waals surface area contributed by atoms with Crippen molar-refractivity contribution in [2.45, 2.75) is 31.5 Å². The summed E-state index contributed by atoms with van der Waals surface area (Å²) in [5.74, 6) is 0.897. The van der Waals surface area contributed by atoms with E-state index >= 15 is 0 Å². The van der Waals surface area contributed by atoms with Crippen molar-refractivity contribution in [2.24, 2.45) is 5.92 Å². The van der Waals surface area contributed by atoms with Crippen LogP contribution >= 0.6 is 27.5 Å². The van der Waals surface area contributed by atoms with Gasteiger partial charge in [-0.05, 0) is 42.9 Å². The van der Waals surface area contributed by atoms with E-state index in [9.17, 15) is 0 Å². The molecule has 1 aliphatic carbocycles. The van der Waals surface area contributed by atoms with Gasteiger partial charge in [-0.1, -0.05) is 40.5 Å². The summed E-state index contributed by atoms with van der Waals surface area (Å²) in [7, 11) is 0. The summed E-state index contributed by atoms with van der Waals surface area (Å²) in [6.07, 6.45) is 3.94. The molecule has 3 heteroatoms. The average Bonchev–Trinajstić information content (AvgIpc) is 3.12. The molecule has 94 valence electrons. The van der Waals surface area contributed by atoms with Gasteiger partial charge >= 0.3 is 0 Å². The molecule has 2 rings (SSSR count). The van der Waals surface area contributed by atoms with Gasteiger partial charge in [-0.15, -0.1) is 0 Å². The van der Waals surface area contributed by atoms with Gasteiger partial charge < -0.3 is 4.90 Å². The topological polar surface area (TPSA) is 3.24 Å². The Bertz CT molecular complexity index is 376. The fourth-order valence-corrected chi connectivity index (χ4v) is 2.75. The molecule has 0 aliphatic heterocycles. The molecular formula is C14H19BrClN. The highest BCUT2D eigenvalue weighted by Gasteiger charge is 2.24. The maximum Gasteiger partial charge on any atom is 0.0642 e. The lowest BCUT2D eigenvalue weighted by atomic mass is 10.2. The van der Waals surface area contributed by atoms with Gasteiger partial charge in [0.2, 0.25) is 0 Å². The van der Waals surface area contributed by atoms with Crippen LogP contribution in [0.3, 0.4) is 0 Å². The standard InChI is InChI=1S/C14H19BrClN/c1-2-7-17(10-11-3-4-11)14-6-5-12(9-15)8-13(14)16/h5-6,8,11H,2-4,7,9-10H2,1H3. The molecular weight excluding hydrogens is 298 g/mol. The molecule has 1 nitrogen and oxygen atoms in total. The molecule has 1 aliphatic rings. The number of rotatable bonds is 6. The second-order valence-corrected chi connectivity index (χ2v) is 5.78. The van der Waals surface area contributed by atoms with Gasteiger partial charge in [0.25, 0.3) is 0 Å². The molecule has 0 aromatic heterocycles. The van der Waals surface area contributed by atoms with Crippen LogP contribution in [-0.2, 0) is 5.33 Å². The predicted molar refractivity (Wildman–Crippen MR) is 79.3 cm³/mol. The molecule has 0 amide bonds. The van der Waals surface area contributed by atoms with E-state index in [0.717, 1.165) is 22.8 Å². The van der Waals surface area contributed by atoms with E-state index in [1.807, 2.05) is 0 Å². The summed E-state index contributed by atoms with van der Waals surface area (Å²) in [6.45, 7) is 4.49. The minimum Gasteiger partial charge on any atom is -0.370 e. The number of hydrogen-bond donors (Lipinski definition) is 0. The third kappa shape index (κ3) is 3.62. The Morgan fingerprint density at radius 1 is 1.41 bits per heavy atom. The van der Waals surface area contributed by atoms with Crippen LogP contribution in [0.5, 0.6) is 0 Å². The van der Waals surface area contributed by atoms with Crippen molar-refractivity contribution in [1.82, 2.24) is 0 Å². The minimum absolute atomic E-state index is 0.864. The zero-order valence-corrected chi connectivity index (χ0v) is 12.6. The summed E-state index contributed by atoms with van der Waals surface area (Å²) < 4.78 is 0. The lowest BCUT2D eigenvalue weighted by molar-refractivity contribution is 0.708. The van der Waals surface area contributed by atoms with Crippen molar-refractivity contribution >= 4 is 33.2 Å². The normalized spacial score (nSPS) is 15.0. The molecule has 0 spiro atoms. The molecule has 0 saturated heterocycles. The number of nitrogens with zero attached hydrogens (tertiary/aromatic N) is 1. The van der Waals surface area contributed by atoms with Crippen molar-refractivity contribution in [3.8, 4) is 0 Å². The van der Waals surface area contributed by atoms with Gasteiger partial charge in [0.05, 0.1) is 10.7 Å². The van der Waals surface area contributed by atoms with E-state index in [2.05, 4.69) is 46.0 Å². The highest BCUT2D eigenvalue weighted by atomic mass is 79.9. The zero-order valence-electron chi connectivity index (χ0n) is 10.3. The largest absolute Gasteiger partial charge is 0.370 e. The number of benzene rings is 1. The van der Waals surface area contributed by atoms with Crippen LogP contribution in [-0.4, -0.2) is 13.1 Å². The second kappa shape index (κ2) is 6.10. The fraction of sp³-hybridized carbons (Fsp3) is 0.571. The molecule has 0 N–H and O–H groups in total. The van der Waals surface area contributed by atoms with Crippen LogP contribution in [0.25, 0.3) is 0 Å². The van der Waals surface area contributed by atoms with Crippen molar-refractivity contribution in [3.63, 3.8) is 0 Å². The van der Waals surface area contributed by atoms with Crippen molar-refractivity contribution in [1.29, 1.82) is 0 Å². The molecule has 0 atom stereocenters. The van der Waals surface area contributed by atoms with Gasteiger partial charge in [0, 0.05) is 18.4 Å². The second-order valence-electron chi connectivity index (χ2n) is 4.81. The van der Waals surface area contributed by atoms with Crippen LogP contribution < -0.4 is 4.90 Å². The monoisotopic (exact) mass is 315 g/mol. The van der Waals surface area contributed by atoms with Crippen molar-refractivity contribution in [3.05, 3.63) is 28.8 Å². The molecule has 1 aromatic carbocycles. The van der Waals surface area contributed by atoms with E-state index in [1.165, 1.54) is 37.1 Å². The number of anilines is 1. The Hall–Kier alpha value is -0.210. The summed E-state index contributed by atoms with van der Waals surface area (Å²) >= 11 is 9.84. The van der Waals surface area contributed by atoms with Gasteiger partial charge in [-0.2, -0.15) is 0 Å². The molecule has 0 unspecified atom stereocenters. The predicted octanol–water partition coefficient (Wildman–Crippen LogP) is 4.86. The Morgan fingerprint density at radius 3 is 2.71 bits per heavy atom. The first-order valence-corrected chi connectivity index (χ1v) is 7.84. The van der Waals surface area contributed by atoms with Crippen LogP contribution in [0.4, 0.5) is 5.69 Å². The third-order valence-corrected chi connectivity index (χ3v) is 4.13. The Morgan fingerprint density at radius 2 is 2.18 bits per heavy atom. The Balaban J connectivity index is 2.15. The molecule has 0 heterocycles. The van der Waals surface area contributed by atoms with Gasteiger partial charge in [0.1, 0.15) is 0 Å². The quantitative estimate of drug-likeness (QED) is 0.677. The first kappa shape index (κ1) is 13.2. The maximum absolute atomic E-state index is 6.38. The van der Waals surface area contributed by atoms with Crippen molar-refractivity contribution < 1.29 is 0 Å². The Labute approximate surface area is 117 Å². The third-order valence-electron chi connectivity index (χ3n) is 3.18. The first-order valence-electron chi connectivity index (χ1n) is 6.34. The highest BCUT2D eigenvalue weighted by Crippen LogP contribution is 2.34. The Kier molecular flexibility index (Phi) is 4.75.